The molecule has 0 fully saturated rings. The van der Waals surface area contributed by atoms with Crippen LogP contribution in [0.5, 0.6) is 0 Å². The molecule has 0 aliphatic rings. The van der Waals surface area contributed by atoms with Crippen molar-refractivity contribution in [1.82, 2.24) is 28.9 Å². The van der Waals surface area contributed by atoms with Crippen molar-refractivity contribution in [2.24, 2.45) is 0 Å². The van der Waals surface area contributed by atoms with Crippen LogP contribution in [0.4, 0.5) is 0 Å². The van der Waals surface area contributed by atoms with Crippen LogP contribution in [0.3, 0.4) is 0 Å². The van der Waals surface area contributed by atoms with E-state index in [0.29, 0.717) is 38.2 Å². The number of aliphatic hydroxyl groups is 1. The fourth-order valence-electron chi connectivity index (χ4n) is 4.99. The number of aliphatic hydroxyl groups excluding tert-OH is 1. The van der Waals surface area contributed by atoms with Crippen LogP contribution in [0.2, 0.25) is 0 Å². The second-order valence-corrected chi connectivity index (χ2v) is 10.7. The molecule has 0 saturated heterocycles. The third-order valence-electron chi connectivity index (χ3n) is 7.31. The standard InChI is InChI=1S/C33H42N6O3/c1-5-6-7-13-29-25(2)38(24-31-35-28-12-8-9-14-30(28)37(31)20-10-11-22-40)33(42)39(29)23-26-15-17-27(18-16-26)32(41)34-19-21-36(3)4/h5-9,12-18,40H,10-11,19-24H2,1-4H3,(H,34,41)/b6-5-,13-7-. The van der Waals surface area contributed by atoms with E-state index in [2.05, 4.69) is 9.88 Å². The molecule has 2 aromatic heterocycles. The van der Waals surface area contributed by atoms with Gasteiger partial charge in [0.15, 0.2) is 0 Å². The number of carbonyl (C=O) groups is 1. The van der Waals surface area contributed by atoms with Gasteiger partial charge in [0.2, 0.25) is 0 Å². The van der Waals surface area contributed by atoms with E-state index in [-0.39, 0.29) is 18.2 Å². The number of fused-ring (bicyclic) bond motifs is 1. The highest BCUT2D eigenvalue weighted by Gasteiger charge is 2.19. The van der Waals surface area contributed by atoms with Crippen molar-refractivity contribution in [3.63, 3.8) is 0 Å². The van der Waals surface area contributed by atoms with E-state index in [9.17, 15) is 14.7 Å². The minimum Gasteiger partial charge on any atom is -0.396 e. The fraction of sp³-hybridized carbons (Fsp3) is 0.364. The summed E-state index contributed by atoms with van der Waals surface area (Å²) in [6.45, 7) is 6.83. The van der Waals surface area contributed by atoms with Gasteiger partial charge in [-0.15, -0.1) is 0 Å². The molecule has 42 heavy (non-hydrogen) atoms. The van der Waals surface area contributed by atoms with Gasteiger partial charge in [-0.3, -0.25) is 13.9 Å². The van der Waals surface area contributed by atoms with Gasteiger partial charge >= 0.3 is 5.69 Å². The lowest BCUT2D eigenvalue weighted by molar-refractivity contribution is 0.0951. The number of aromatic nitrogens is 4. The van der Waals surface area contributed by atoms with Crippen LogP contribution in [-0.2, 0) is 19.6 Å². The van der Waals surface area contributed by atoms with Gasteiger partial charge in [-0.1, -0.05) is 42.5 Å². The zero-order chi connectivity index (χ0) is 30.1. The summed E-state index contributed by atoms with van der Waals surface area (Å²) in [4.78, 5) is 33.4. The maximum atomic E-state index is 13.9. The van der Waals surface area contributed by atoms with Gasteiger partial charge in [0.1, 0.15) is 5.82 Å². The number of benzene rings is 2. The Bertz CT molecular complexity index is 1610. The second-order valence-electron chi connectivity index (χ2n) is 10.7. The highest BCUT2D eigenvalue weighted by atomic mass is 16.3. The Hall–Kier alpha value is -4.21. The van der Waals surface area contributed by atoms with E-state index in [0.717, 1.165) is 46.8 Å². The lowest BCUT2D eigenvalue weighted by atomic mass is 10.1. The van der Waals surface area contributed by atoms with Crippen LogP contribution in [0.1, 0.15) is 52.9 Å². The monoisotopic (exact) mass is 570 g/mol. The number of allylic oxidation sites excluding steroid dienone is 3. The van der Waals surface area contributed by atoms with Gasteiger partial charge in [0.25, 0.3) is 5.91 Å². The molecule has 0 aliphatic heterocycles. The largest absolute Gasteiger partial charge is 0.396 e. The predicted octanol–water partition coefficient (Wildman–Crippen LogP) is 4.06. The molecule has 2 heterocycles. The molecule has 0 unspecified atom stereocenters. The molecule has 0 saturated carbocycles. The van der Waals surface area contributed by atoms with Crippen molar-refractivity contribution in [2.75, 3.05) is 33.8 Å². The number of carbonyl (C=O) groups excluding carboxylic acids is 1. The number of para-hydroxylation sites is 2. The molecule has 0 radical (unpaired) electrons. The zero-order valence-electron chi connectivity index (χ0n) is 25.1. The van der Waals surface area contributed by atoms with Gasteiger partial charge in [-0.05, 0) is 76.7 Å². The summed E-state index contributed by atoms with van der Waals surface area (Å²) in [5.41, 5.74) is 4.99. The summed E-state index contributed by atoms with van der Waals surface area (Å²) in [7, 11) is 3.94. The third kappa shape index (κ3) is 7.35. The first-order chi connectivity index (χ1) is 20.3. The Balaban J connectivity index is 1.65. The number of rotatable bonds is 14. The van der Waals surface area contributed by atoms with Crippen molar-refractivity contribution in [3.05, 3.63) is 106 Å². The first kappa shape index (κ1) is 30.7. The molecule has 0 bridgehead atoms. The molecule has 4 aromatic rings. The lowest BCUT2D eigenvalue weighted by Gasteiger charge is -2.11. The fourth-order valence-corrected chi connectivity index (χ4v) is 4.99. The molecule has 4 rings (SSSR count). The average Bonchev–Trinajstić information content (AvgIpc) is 3.43. The number of hydrogen-bond donors (Lipinski definition) is 2. The normalized spacial score (nSPS) is 12.0. The minimum absolute atomic E-state index is 0.112. The van der Waals surface area contributed by atoms with E-state index in [1.165, 1.54) is 0 Å². The summed E-state index contributed by atoms with van der Waals surface area (Å²) >= 11 is 0. The number of unbranched alkanes of at least 4 members (excludes halogenated alkanes) is 1. The summed E-state index contributed by atoms with van der Waals surface area (Å²) in [6.07, 6.45) is 9.31. The van der Waals surface area contributed by atoms with E-state index in [4.69, 9.17) is 4.98 Å². The zero-order valence-corrected chi connectivity index (χ0v) is 25.1. The first-order valence-electron chi connectivity index (χ1n) is 14.5. The average molecular weight is 571 g/mol. The van der Waals surface area contributed by atoms with Crippen LogP contribution in [-0.4, -0.2) is 68.4 Å². The third-order valence-corrected chi connectivity index (χ3v) is 7.31. The molecule has 0 aliphatic carbocycles. The Labute approximate surface area is 247 Å². The van der Waals surface area contributed by atoms with Crippen molar-refractivity contribution < 1.29 is 9.90 Å². The molecule has 222 valence electrons. The van der Waals surface area contributed by atoms with Crippen LogP contribution in [0.25, 0.3) is 17.1 Å². The number of aryl methyl sites for hydroxylation is 1. The predicted molar refractivity (Wildman–Crippen MR) is 169 cm³/mol. The smallest absolute Gasteiger partial charge is 0.329 e. The molecular weight excluding hydrogens is 528 g/mol. The summed E-state index contributed by atoms with van der Waals surface area (Å²) < 4.78 is 5.72. The summed E-state index contributed by atoms with van der Waals surface area (Å²) in [6, 6.07) is 15.4. The second kappa shape index (κ2) is 14.6. The number of amides is 1. The Kier molecular flexibility index (Phi) is 10.7. The summed E-state index contributed by atoms with van der Waals surface area (Å²) in [5, 5.41) is 12.3. The van der Waals surface area contributed by atoms with Gasteiger partial charge in [0, 0.05) is 37.5 Å². The molecule has 0 atom stereocenters. The molecule has 9 nitrogen and oxygen atoms in total. The Morgan fingerprint density at radius 2 is 1.76 bits per heavy atom. The van der Waals surface area contributed by atoms with Crippen LogP contribution < -0.4 is 11.0 Å². The SMILES string of the molecule is C/C=C\C=C/c1c(C)n(Cc2nc3ccccc3n2CCCCO)c(=O)n1Cc1ccc(C(=O)NCCN(C)C)cc1. The maximum Gasteiger partial charge on any atom is 0.329 e. The van der Waals surface area contributed by atoms with Crippen LogP contribution in [0.15, 0.2) is 71.6 Å². The van der Waals surface area contributed by atoms with E-state index in [1.54, 1.807) is 21.3 Å². The minimum atomic E-state index is -0.118. The molecule has 1 amide bonds. The van der Waals surface area contributed by atoms with E-state index in [1.807, 2.05) is 93.5 Å². The number of nitrogens with one attached hydrogen (secondary N) is 1. The number of likely N-dealkylation sites (N-methyl/N-ethyl adjacent to an activating group) is 1. The van der Waals surface area contributed by atoms with Crippen molar-refractivity contribution in [2.45, 2.75) is 46.3 Å². The number of nitrogens with zero attached hydrogens (tertiary/aromatic N) is 5. The quantitative estimate of drug-likeness (QED) is 0.176. The first-order valence-corrected chi connectivity index (χ1v) is 14.5. The molecule has 2 N–H and O–H groups in total. The van der Waals surface area contributed by atoms with E-state index < -0.39 is 0 Å². The topological polar surface area (TPSA) is 97.3 Å². The van der Waals surface area contributed by atoms with Crippen molar-refractivity contribution >= 4 is 23.0 Å². The Morgan fingerprint density at radius 3 is 2.48 bits per heavy atom. The highest BCUT2D eigenvalue weighted by Crippen LogP contribution is 2.20. The van der Waals surface area contributed by atoms with Crippen LogP contribution in [0, 0.1) is 6.92 Å². The molecule has 2 aromatic carbocycles. The molecule has 9 heteroatoms. The summed E-state index contributed by atoms with van der Waals surface area (Å²) in [5.74, 6) is 0.699. The van der Waals surface area contributed by atoms with Gasteiger partial charge < -0.3 is 19.9 Å². The number of imidazole rings is 2. The maximum absolute atomic E-state index is 13.9. The van der Waals surface area contributed by atoms with E-state index >= 15 is 0 Å². The van der Waals surface area contributed by atoms with Crippen LogP contribution >= 0.6 is 0 Å². The van der Waals surface area contributed by atoms with Gasteiger partial charge in [-0.25, -0.2) is 9.78 Å². The van der Waals surface area contributed by atoms with Gasteiger partial charge in [-0.2, -0.15) is 0 Å². The number of hydrogen-bond acceptors (Lipinski definition) is 5. The Morgan fingerprint density at radius 1 is 1.00 bits per heavy atom. The molecule has 0 spiro atoms. The van der Waals surface area contributed by atoms with Crippen molar-refractivity contribution in [3.8, 4) is 0 Å². The highest BCUT2D eigenvalue weighted by molar-refractivity contribution is 5.94. The van der Waals surface area contributed by atoms with Crippen molar-refractivity contribution in [1.29, 1.82) is 0 Å². The molecular formula is C33H42N6O3. The lowest BCUT2D eigenvalue weighted by Crippen LogP contribution is -2.31. The van der Waals surface area contributed by atoms with Gasteiger partial charge in [0.05, 0.1) is 29.8 Å².